The maximum atomic E-state index is 12.9. The average Bonchev–Trinajstić information content (AvgIpc) is 3.14. The van der Waals surface area contributed by atoms with Gasteiger partial charge in [-0.15, -0.1) is 0 Å². The maximum Gasteiger partial charge on any atom is 0.449 e. The fraction of sp³-hybridized carbons (Fsp3) is 0.350. The molecule has 1 aliphatic rings. The highest BCUT2D eigenvalue weighted by molar-refractivity contribution is 5.82. The lowest BCUT2D eigenvalue weighted by Crippen LogP contribution is -2.44. The van der Waals surface area contributed by atoms with Gasteiger partial charge >= 0.3 is 6.18 Å². The number of hydrogen-bond donors (Lipinski definition) is 4. The van der Waals surface area contributed by atoms with E-state index in [1.807, 2.05) is 0 Å². The Kier molecular flexibility index (Phi) is 5.07. The number of hydrogen-bond acceptors (Lipinski definition) is 5. The first-order chi connectivity index (χ1) is 13.8. The Balaban J connectivity index is 1.68. The molecule has 1 fully saturated rings. The molecule has 6 nitrogen and oxygen atoms in total. The molecule has 9 heteroatoms. The molecule has 2 aromatic carbocycles. The fourth-order valence-electron chi connectivity index (χ4n) is 3.57. The molecule has 1 aliphatic heterocycles. The molecule has 0 amide bonds. The number of aromatic nitrogens is 2. The topological polar surface area (TPSA) is 98.6 Å². The van der Waals surface area contributed by atoms with Crippen molar-refractivity contribution in [2.75, 3.05) is 6.61 Å². The predicted octanol–water partition coefficient (Wildman–Crippen LogP) is 2.79. The van der Waals surface area contributed by atoms with Crippen LogP contribution in [0.25, 0.3) is 22.2 Å². The van der Waals surface area contributed by atoms with Crippen LogP contribution in [-0.2, 0) is 10.9 Å². The molecule has 1 saturated heterocycles. The number of halogens is 3. The summed E-state index contributed by atoms with van der Waals surface area (Å²) >= 11 is 0. The van der Waals surface area contributed by atoms with E-state index in [1.54, 1.807) is 36.4 Å². The van der Waals surface area contributed by atoms with E-state index >= 15 is 0 Å². The largest absolute Gasteiger partial charge is 0.449 e. The Morgan fingerprint density at radius 1 is 1.10 bits per heavy atom. The number of nitrogens with zero attached hydrogens (tertiary/aromatic N) is 1. The molecule has 4 N–H and O–H groups in total. The molecule has 0 saturated carbocycles. The van der Waals surface area contributed by atoms with Crippen molar-refractivity contribution < 1.29 is 33.2 Å². The zero-order chi connectivity index (χ0) is 20.8. The Morgan fingerprint density at radius 2 is 1.86 bits per heavy atom. The molecule has 0 bridgehead atoms. The smallest absolute Gasteiger partial charge is 0.394 e. The number of rotatable bonds is 3. The van der Waals surface area contributed by atoms with Gasteiger partial charge in [-0.2, -0.15) is 13.2 Å². The standard InChI is InChI=1S/C20H19F3N2O4/c21-20(22,23)19-24-14-5-4-11(7-15(14)25-19)10-2-1-3-12(6-10)18-17(28)16(27)8-13(9-26)29-18/h1-7,13,16-18,26-28H,8-9H2,(H,24,25). The summed E-state index contributed by atoms with van der Waals surface area (Å²) in [6, 6.07) is 11.7. The van der Waals surface area contributed by atoms with Gasteiger partial charge in [-0.25, -0.2) is 4.98 Å². The van der Waals surface area contributed by atoms with Crippen molar-refractivity contribution in [3.8, 4) is 11.1 Å². The van der Waals surface area contributed by atoms with Gasteiger partial charge in [0.2, 0.25) is 5.82 Å². The number of fused-ring (bicyclic) bond motifs is 1. The molecule has 3 aromatic rings. The highest BCUT2D eigenvalue weighted by Gasteiger charge is 2.37. The van der Waals surface area contributed by atoms with E-state index in [4.69, 9.17) is 4.74 Å². The van der Waals surface area contributed by atoms with Crippen LogP contribution in [0.4, 0.5) is 13.2 Å². The van der Waals surface area contributed by atoms with Gasteiger partial charge in [0.05, 0.1) is 29.8 Å². The Labute approximate surface area is 163 Å². The molecule has 4 rings (SSSR count). The molecular formula is C20H19F3N2O4. The van der Waals surface area contributed by atoms with Gasteiger partial charge in [-0.1, -0.05) is 24.3 Å². The normalized spacial score (nSPS) is 25.4. The molecule has 4 unspecified atom stereocenters. The minimum absolute atomic E-state index is 0.131. The molecule has 1 aromatic heterocycles. The molecule has 29 heavy (non-hydrogen) atoms. The molecule has 0 radical (unpaired) electrons. The highest BCUT2D eigenvalue weighted by Crippen LogP contribution is 2.35. The summed E-state index contributed by atoms with van der Waals surface area (Å²) in [5.41, 5.74) is 2.40. The summed E-state index contributed by atoms with van der Waals surface area (Å²) in [7, 11) is 0. The van der Waals surface area contributed by atoms with Crippen molar-refractivity contribution in [3.63, 3.8) is 0 Å². The quantitative estimate of drug-likeness (QED) is 0.534. The molecule has 0 spiro atoms. The zero-order valence-corrected chi connectivity index (χ0v) is 15.1. The second-order valence-corrected chi connectivity index (χ2v) is 7.10. The lowest BCUT2D eigenvalue weighted by molar-refractivity contribution is -0.179. The maximum absolute atomic E-state index is 12.9. The number of benzene rings is 2. The van der Waals surface area contributed by atoms with Gasteiger partial charge in [0, 0.05) is 6.42 Å². The number of aliphatic hydroxyl groups is 3. The van der Waals surface area contributed by atoms with Gasteiger partial charge in [-0.3, -0.25) is 0 Å². The van der Waals surface area contributed by atoms with Gasteiger partial charge in [0.15, 0.2) is 0 Å². The first-order valence-corrected chi connectivity index (χ1v) is 9.06. The monoisotopic (exact) mass is 408 g/mol. The molecule has 2 heterocycles. The van der Waals surface area contributed by atoms with Crippen LogP contribution in [0.2, 0.25) is 0 Å². The number of aromatic amines is 1. The van der Waals surface area contributed by atoms with Crippen LogP contribution in [0.1, 0.15) is 23.9 Å². The zero-order valence-electron chi connectivity index (χ0n) is 15.1. The molecule has 154 valence electrons. The van der Waals surface area contributed by atoms with Crippen molar-refractivity contribution in [3.05, 3.63) is 53.9 Å². The van der Waals surface area contributed by atoms with E-state index in [0.717, 1.165) is 0 Å². The van der Waals surface area contributed by atoms with Gasteiger partial charge in [0.1, 0.15) is 12.2 Å². The fourth-order valence-corrected chi connectivity index (χ4v) is 3.57. The summed E-state index contributed by atoms with van der Waals surface area (Å²) in [5.74, 6) is -1.05. The van der Waals surface area contributed by atoms with E-state index in [-0.39, 0.29) is 24.1 Å². The van der Waals surface area contributed by atoms with Gasteiger partial charge in [-0.05, 0) is 34.9 Å². The summed E-state index contributed by atoms with van der Waals surface area (Å²) in [6.07, 6.45) is -8.04. The van der Waals surface area contributed by atoms with Crippen molar-refractivity contribution in [2.45, 2.75) is 37.0 Å². The second-order valence-electron chi connectivity index (χ2n) is 7.10. The van der Waals surface area contributed by atoms with Crippen LogP contribution >= 0.6 is 0 Å². The second kappa shape index (κ2) is 7.42. The third-order valence-corrected chi connectivity index (χ3v) is 5.05. The summed E-state index contributed by atoms with van der Waals surface area (Å²) < 4.78 is 44.3. The molecular weight excluding hydrogens is 389 g/mol. The first-order valence-electron chi connectivity index (χ1n) is 9.06. The lowest BCUT2D eigenvalue weighted by atomic mass is 9.91. The van der Waals surface area contributed by atoms with E-state index in [2.05, 4.69) is 9.97 Å². The van der Waals surface area contributed by atoms with E-state index in [1.165, 1.54) is 6.07 Å². The Hall–Kier alpha value is -2.46. The van der Waals surface area contributed by atoms with E-state index in [0.29, 0.717) is 16.7 Å². The van der Waals surface area contributed by atoms with Crippen LogP contribution in [-0.4, -0.2) is 50.2 Å². The third kappa shape index (κ3) is 3.86. The number of aliphatic hydroxyl groups excluding tert-OH is 3. The lowest BCUT2D eigenvalue weighted by Gasteiger charge is -2.37. The van der Waals surface area contributed by atoms with Gasteiger partial charge < -0.3 is 25.0 Å². The Morgan fingerprint density at radius 3 is 2.59 bits per heavy atom. The van der Waals surface area contributed by atoms with Crippen LogP contribution < -0.4 is 0 Å². The minimum atomic E-state index is -4.56. The highest BCUT2D eigenvalue weighted by atomic mass is 19.4. The average molecular weight is 408 g/mol. The van der Waals surface area contributed by atoms with Crippen LogP contribution in [0.15, 0.2) is 42.5 Å². The number of H-pyrrole nitrogens is 1. The van der Waals surface area contributed by atoms with Crippen molar-refractivity contribution in [1.82, 2.24) is 9.97 Å². The summed E-state index contributed by atoms with van der Waals surface area (Å²) in [4.78, 5) is 5.85. The van der Waals surface area contributed by atoms with E-state index < -0.39 is 36.4 Å². The van der Waals surface area contributed by atoms with Gasteiger partial charge in [0.25, 0.3) is 0 Å². The van der Waals surface area contributed by atoms with E-state index in [9.17, 15) is 28.5 Å². The molecule has 4 atom stereocenters. The van der Waals surface area contributed by atoms with Crippen LogP contribution in [0.3, 0.4) is 0 Å². The van der Waals surface area contributed by atoms with Crippen molar-refractivity contribution >= 4 is 11.0 Å². The van der Waals surface area contributed by atoms with Crippen molar-refractivity contribution in [2.24, 2.45) is 0 Å². The van der Waals surface area contributed by atoms with Crippen LogP contribution in [0, 0.1) is 0 Å². The number of ether oxygens (including phenoxy) is 1. The third-order valence-electron chi connectivity index (χ3n) is 5.05. The number of alkyl halides is 3. The summed E-state index contributed by atoms with van der Waals surface area (Å²) in [6.45, 7) is -0.280. The predicted molar refractivity (Wildman–Crippen MR) is 97.9 cm³/mol. The first kappa shape index (κ1) is 19.8. The Bertz CT molecular complexity index is 1020. The molecule has 0 aliphatic carbocycles. The number of nitrogens with one attached hydrogen (secondary N) is 1. The van der Waals surface area contributed by atoms with Crippen molar-refractivity contribution in [1.29, 1.82) is 0 Å². The number of imidazole rings is 1. The van der Waals surface area contributed by atoms with Crippen LogP contribution in [0.5, 0.6) is 0 Å². The summed E-state index contributed by atoms with van der Waals surface area (Å²) in [5, 5.41) is 29.7. The SMILES string of the molecule is OCC1CC(O)C(O)C(c2cccc(-c3ccc4nc(C(F)(F)F)[nH]c4c3)c2)O1. The minimum Gasteiger partial charge on any atom is -0.394 e.